The van der Waals surface area contributed by atoms with E-state index in [0.29, 0.717) is 24.2 Å². The zero-order valence-electron chi connectivity index (χ0n) is 18.1. The third kappa shape index (κ3) is 4.08. The van der Waals surface area contributed by atoms with Gasteiger partial charge in [-0.05, 0) is 74.5 Å². The standard InChI is InChI=1S/C25H29N3O3/c1-3-28(4-2)24(30)18-7-5-17(6-8-18)21-16-25(11-13-27-14-12-25)31-22-10-9-19(23(26)29)15-20(21)22/h5-10,15-16,27H,3-4,11-14H2,1-2H3,(H2,26,29). The van der Waals surface area contributed by atoms with Crippen molar-refractivity contribution in [2.75, 3.05) is 26.2 Å². The molecule has 2 aliphatic rings. The first-order chi connectivity index (χ1) is 15.0. The summed E-state index contributed by atoms with van der Waals surface area (Å²) in [6.45, 7) is 7.09. The topological polar surface area (TPSA) is 84.7 Å². The summed E-state index contributed by atoms with van der Waals surface area (Å²) in [4.78, 5) is 26.3. The Balaban J connectivity index is 1.76. The van der Waals surface area contributed by atoms with Crippen LogP contribution in [-0.4, -0.2) is 48.5 Å². The quantitative estimate of drug-likeness (QED) is 0.779. The maximum absolute atomic E-state index is 12.7. The molecule has 0 aromatic heterocycles. The van der Waals surface area contributed by atoms with Crippen molar-refractivity contribution < 1.29 is 14.3 Å². The van der Waals surface area contributed by atoms with E-state index in [4.69, 9.17) is 10.5 Å². The monoisotopic (exact) mass is 419 g/mol. The van der Waals surface area contributed by atoms with Crippen molar-refractivity contribution in [3.8, 4) is 5.75 Å². The lowest BCUT2D eigenvalue weighted by molar-refractivity contribution is 0.0772. The highest BCUT2D eigenvalue weighted by molar-refractivity contribution is 5.97. The number of nitrogens with two attached hydrogens (primary N) is 1. The molecule has 0 saturated carbocycles. The number of amides is 2. The van der Waals surface area contributed by atoms with Gasteiger partial charge in [-0.25, -0.2) is 0 Å². The van der Waals surface area contributed by atoms with Gasteiger partial charge in [0.25, 0.3) is 5.91 Å². The number of nitrogens with one attached hydrogen (secondary N) is 1. The maximum atomic E-state index is 12.7. The minimum absolute atomic E-state index is 0.0312. The van der Waals surface area contributed by atoms with Crippen LogP contribution in [0.2, 0.25) is 0 Å². The summed E-state index contributed by atoms with van der Waals surface area (Å²) in [7, 11) is 0. The third-order valence-electron chi connectivity index (χ3n) is 6.22. The van der Waals surface area contributed by atoms with Crippen molar-refractivity contribution in [2.45, 2.75) is 32.3 Å². The Hall–Kier alpha value is -3.12. The Morgan fingerprint density at radius 3 is 2.29 bits per heavy atom. The van der Waals surface area contributed by atoms with Crippen molar-refractivity contribution in [3.05, 3.63) is 70.8 Å². The first kappa shape index (κ1) is 21.1. The minimum atomic E-state index is -0.468. The van der Waals surface area contributed by atoms with Gasteiger partial charge in [0.05, 0.1) is 0 Å². The zero-order chi connectivity index (χ0) is 22.0. The molecule has 2 aromatic rings. The molecule has 2 aromatic carbocycles. The van der Waals surface area contributed by atoms with Crippen molar-refractivity contribution in [2.24, 2.45) is 5.73 Å². The van der Waals surface area contributed by atoms with Crippen molar-refractivity contribution in [1.29, 1.82) is 0 Å². The number of hydrogen-bond donors (Lipinski definition) is 2. The van der Waals surface area contributed by atoms with E-state index in [-0.39, 0.29) is 11.5 Å². The summed E-state index contributed by atoms with van der Waals surface area (Å²) in [5.41, 5.74) is 9.11. The predicted octanol–water partition coefficient (Wildman–Crippen LogP) is 3.21. The summed E-state index contributed by atoms with van der Waals surface area (Å²) < 4.78 is 6.44. The molecule has 0 atom stereocenters. The number of carbonyl (C=O) groups excluding carboxylic acids is 2. The number of piperidine rings is 1. The van der Waals surface area contributed by atoms with Crippen LogP contribution in [0.3, 0.4) is 0 Å². The summed E-state index contributed by atoms with van der Waals surface area (Å²) in [6.07, 6.45) is 3.92. The molecule has 0 aliphatic carbocycles. The van der Waals surface area contributed by atoms with Gasteiger partial charge in [-0.1, -0.05) is 12.1 Å². The minimum Gasteiger partial charge on any atom is -0.482 e. The zero-order valence-corrected chi connectivity index (χ0v) is 18.1. The summed E-state index contributed by atoms with van der Waals surface area (Å²) >= 11 is 0. The smallest absolute Gasteiger partial charge is 0.253 e. The predicted molar refractivity (Wildman–Crippen MR) is 121 cm³/mol. The SMILES string of the molecule is CCN(CC)C(=O)c1ccc(C2=CC3(CCNCC3)Oc3ccc(C(N)=O)cc32)cc1. The van der Waals surface area contributed by atoms with E-state index in [1.807, 2.05) is 44.2 Å². The van der Waals surface area contributed by atoms with Crippen LogP contribution >= 0.6 is 0 Å². The molecule has 4 rings (SSSR count). The third-order valence-corrected chi connectivity index (χ3v) is 6.22. The molecule has 1 spiro atoms. The van der Waals surface area contributed by atoms with Gasteiger partial charge in [-0.2, -0.15) is 0 Å². The van der Waals surface area contributed by atoms with E-state index in [9.17, 15) is 9.59 Å². The van der Waals surface area contributed by atoms with Crippen LogP contribution in [0.5, 0.6) is 5.75 Å². The number of rotatable bonds is 5. The van der Waals surface area contributed by atoms with Crippen LogP contribution in [0.4, 0.5) is 0 Å². The van der Waals surface area contributed by atoms with Crippen LogP contribution in [0.1, 0.15) is 58.5 Å². The van der Waals surface area contributed by atoms with E-state index >= 15 is 0 Å². The Bertz CT molecular complexity index is 1020. The molecular weight excluding hydrogens is 390 g/mol. The number of ether oxygens (including phenoxy) is 1. The number of benzene rings is 2. The molecular formula is C25H29N3O3. The van der Waals surface area contributed by atoms with Crippen LogP contribution in [0.15, 0.2) is 48.5 Å². The van der Waals surface area contributed by atoms with Gasteiger partial charge in [0.15, 0.2) is 0 Å². The van der Waals surface area contributed by atoms with Gasteiger partial charge in [0.2, 0.25) is 5.91 Å². The lowest BCUT2D eigenvalue weighted by Crippen LogP contribution is -2.46. The van der Waals surface area contributed by atoms with Gasteiger partial charge < -0.3 is 20.7 Å². The van der Waals surface area contributed by atoms with Gasteiger partial charge in [-0.3, -0.25) is 9.59 Å². The number of fused-ring (bicyclic) bond motifs is 1. The van der Waals surface area contributed by atoms with Gasteiger partial charge >= 0.3 is 0 Å². The number of nitrogens with zero attached hydrogens (tertiary/aromatic N) is 1. The number of hydrogen-bond acceptors (Lipinski definition) is 4. The Kier molecular flexibility index (Phi) is 5.83. The van der Waals surface area contributed by atoms with Crippen molar-refractivity contribution in [3.63, 3.8) is 0 Å². The molecule has 0 unspecified atom stereocenters. The largest absolute Gasteiger partial charge is 0.482 e. The molecule has 1 fully saturated rings. The highest BCUT2D eigenvalue weighted by Crippen LogP contribution is 2.43. The molecule has 6 nitrogen and oxygen atoms in total. The van der Waals surface area contributed by atoms with Gasteiger partial charge in [0.1, 0.15) is 11.4 Å². The maximum Gasteiger partial charge on any atom is 0.253 e. The van der Waals surface area contributed by atoms with Crippen LogP contribution in [-0.2, 0) is 0 Å². The van der Waals surface area contributed by atoms with E-state index in [1.54, 1.807) is 17.0 Å². The summed E-state index contributed by atoms with van der Waals surface area (Å²) in [6, 6.07) is 13.0. The van der Waals surface area contributed by atoms with Crippen molar-refractivity contribution >= 4 is 17.4 Å². The van der Waals surface area contributed by atoms with Gasteiger partial charge in [-0.15, -0.1) is 0 Å². The first-order valence-electron chi connectivity index (χ1n) is 10.9. The molecule has 162 valence electrons. The Morgan fingerprint density at radius 2 is 1.68 bits per heavy atom. The average Bonchev–Trinajstić information content (AvgIpc) is 2.79. The van der Waals surface area contributed by atoms with Crippen LogP contribution < -0.4 is 15.8 Å². The van der Waals surface area contributed by atoms with E-state index in [0.717, 1.165) is 48.4 Å². The number of primary amides is 1. The molecule has 2 aliphatic heterocycles. The van der Waals surface area contributed by atoms with E-state index < -0.39 is 5.91 Å². The number of carbonyl (C=O) groups is 2. The normalized spacial score (nSPS) is 16.8. The Morgan fingerprint density at radius 1 is 1.03 bits per heavy atom. The first-order valence-corrected chi connectivity index (χ1v) is 10.9. The lowest BCUT2D eigenvalue weighted by Gasteiger charge is -2.40. The molecule has 0 bridgehead atoms. The summed E-state index contributed by atoms with van der Waals surface area (Å²) in [5, 5.41) is 3.39. The molecule has 6 heteroatoms. The lowest BCUT2D eigenvalue weighted by atomic mass is 9.83. The second kappa shape index (κ2) is 8.55. The fraction of sp³-hybridized carbons (Fsp3) is 0.360. The molecule has 1 saturated heterocycles. The molecule has 3 N–H and O–H groups in total. The van der Waals surface area contributed by atoms with Crippen LogP contribution in [0, 0.1) is 0 Å². The highest BCUT2D eigenvalue weighted by Gasteiger charge is 2.37. The van der Waals surface area contributed by atoms with E-state index in [1.165, 1.54) is 0 Å². The molecule has 31 heavy (non-hydrogen) atoms. The highest BCUT2D eigenvalue weighted by atomic mass is 16.5. The summed E-state index contributed by atoms with van der Waals surface area (Å²) in [5.74, 6) is 0.320. The second-order valence-electron chi connectivity index (χ2n) is 8.10. The fourth-order valence-electron chi connectivity index (χ4n) is 4.39. The average molecular weight is 420 g/mol. The molecule has 0 radical (unpaired) electrons. The van der Waals surface area contributed by atoms with E-state index in [2.05, 4.69) is 11.4 Å². The van der Waals surface area contributed by atoms with Crippen molar-refractivity contribution in [1.82, 2.24) is 10.2 Å². The second-order valence-corrected chi connectivity index (χ2v) is 8.10. The molecule has 2 heterocycles. The van der Waals surface area contributed by atoms with Crippen LogP contribution in [0.25, 0.3) is 5.57 Å². The fourth-order valence-corrected chi connectivity index (χ4v) is 4.39. The molecule has 2 amide bonds. The van der Waals surface area contributed by atoms with Gasteiger partial charge in [0, 0.05) is 42.6 Å². The Labute approximate surface area is 183 Å².